The lowest BCUT2D eigenvalue weighted by molar-refractivity contribution is 0.102. The molecule has 0 fully saturated rings. The van der Waals surface area contributed by atoms with Crippen molar-refractivity contribution in [1.29, 1.82) is 0 Å². The van der Waals surface area contributed by atoms with Gasteiger partial charge in [0.1, 0.15) is 18.3 Å². The summed E-state index contributed by atoms with van der Waals surface area (Å²) in [6, 6.07) is 5.06. The van der Waals surface area contributed by atoms with Gasteiger partial charge in [0.2, 0.25) is 0 Å². The van der Waals surface area contributed by atoms with E-state index in [0.29, 0.717) is 17.2 Å². The van der Waals surface area contributed by atoms with Crippen LogP contribution in [0.1, 0.15) is 10.5 Å². The van der Waals surface area contributed by atoms with E-state index in [1.54, 1.807) is 47.7 Å². The number of amides is 1. The van der Waals surface area contributed by atoms with Gasteiger partial charge in [0.15, 0.2) is 5.82 Å². The summed E-state index contributed by atoms with van der Waals surface area (Å²) in [5.41, 5.74) is 0.870. The van der Waals surface area contributed by atoms with Crippen molar-refractivity contribution >= 4 is 11.6 Å². The van der Waals surface area contributed by atoms with Gasteiger partial charge in [0, 0.05) is 24.8 Å². The van der Waals surface area contributed by atoms with Gasteiger partial charge in [-0.1, -0.05) is 0 Å². The van der Waals surface area contributed by atoms with Crippen molar-refractivity contribution in [2.24, 2.45) is 0 Å². The minimum absolute atomic E-state index is 0.292. The third kappa shape index (κ3) is 2.37. The number of hydrogen-bond acceptors (Lipinski definition) is 5. The third-order valence-corrected chi connectivity index (χ3v) is 2.60. The van der Waals surface area contributed by atoms with Crippen molar-refractivity contribution in [3.8, 4) is 5.82 Å². The highest BCUT2D eigenvalue weighted by molar-refractivity contribution is 6.03. The number of hydrogen-bond donors (Lipinski definition) is 1. The smallest absolute Gasteiger partial charge is 0.274 e. The Morgan fingerprint density at radius 3 is 2.80 bits per heavy atom. The molecule has 0 aliphatic heterocycles. The van der Waals surface area contributed by atoms with Crippen LogP contribution in [0, 0.1) is 0 Å². The molecule has 3 aromatic heterocycles. The third-order valence-electron chi connectivity index (χ3n) is 2.60. The Hall–Kier alpha value is -3.09. The number of carbonyl (C=O) groups is 1. The Balaban J connectivity index is 1.90. The summed E-state index contributed by atoms with van der Waals surface area (Å²) in [5.74, 6) is 0.272. The van der Waals surface area contributed by atoms with Gasteiger partial charge in [-0.15, -0.1) is 0 Å². The maximum atomic E-state index is 12.1. The second-order valence-electron chi connectivity index (χ2n) is 3.89. The number of anilines is 1. The molecule has 0 saturated carbocycles. The Labute approximate surface area is 114 Å². The highest BCUT2D eigenvalue weighted by Crippen LogP contribution is 2.17. The average Bonchev–Trinajstić information content (AvgIpc) is 3.03. The molecule has 0 aliphatic carbocycles. The quantitative estimate of drug-likeness (QED) is 0.772. The van der Waals surface area contributed by atoms with Crippen LogP contribution in [0.2, 0.25) is 0 Å². The first-order valence-electron chi connectivity index (χ1n) is 5.85. The first-order valence-corrected chi connectivity index (χ1v) is 5.85. The normalized spacial score (nSPS) is 10.2. The molecule has 3 heterocycles. The monoisotopic (exact) mass is 266 g/mol. The van der Waals surface area contributed by atoms with E-state index in [2.05, 4.69) is 25.3 Å². The molecule has 0 aliphatic rings. The summed E-state index contributed by atoms with van der Waals surface area (Å²) in [6.45, 7) is 0. The molecule has 20 heavy (non-hydrogen) atoms. The van der Waals surface area contributed by atoms with E-state index in [0.717, 1.165) is 0 Å². The largest absolute Gasteiger partial charge is 0.317 e. The predicted octanol–water partition coefficient (Wildman–Crippen LogP) is 1.31. The summed E-state index contributed by atoms with van der Waals surface area (Å²) >= 11 is 0. The van der Waals surface area contributed by atoms with Crippen LogP contribution in [0.3, 0.4) is 0 Å². The van der Waals surface area contributed by atoms with E-state index >= 15 is 0 Å². The number of pyridine rings is 1. The number of imidazole rings is 1. The molecule has 7 heteroatoms. The summed E-state index contributed by atoms with van der Waals surface area (Å²) in [5, 5.41) is 2.77. The van der Waals surface area contributed by atoms with Crippen LogP contribution < -0.4 is 5.32 Å². The summed E-state index contributed by atoms with van der Waals surface area (Å²) in [7, 11) is 0. The summed E-state index contributed by atoms with van der Waals surface area (Å²) in [6.07, 6.45) is 9.50. The molecule has 0 atom stereocenters. The van der Waals surface area contributed by atoms with E-state index < -0.39 is 0 Å². The van der Waals surface area contributed by atoms with Gasteiger partial charge in [-0.25, -0.2) is 19.9 Å². The number of carbonyl (C=O) groups excluding carboxylic acids is 1. The van der Waals surface area contributed by atoms with Crippen LogP contribution >= 0.6 is 0 Å². The number of nitrogens with one attached hydrogen (secondary N) is 1. The molecule has 98 valence electrons. The Morgan fingerprint density at radius 1 is 1.10 bits per heavy atom. The maximum absolute atomic E-state index is 12.1. The molecular weight excluding hydrogens is 256 g/mol. The van der Waals surface area contributed by atoms with Crippen LogP contribution in [0.25, 0.3) is 5.82 Å². The Bertz CT molecular complexity index is 711. The van der Waals surface area contributed by atoms with Crippen LogP contribution in [0.15, 0.2) is 55.6 Å². The first-order chi connectivity index (χ1) is 9.84. The van der Waals surface area contributed by atoms with Gasteiger partial charge < -0.3 is 5.32 Å². The average molecular weight is 266 g/mol. The lowest BCUT2D eigenvalue weighted by Gasteiger charge is -2.09. The van der Waals surface area contributed by atoms with Crippen LogP contribution in [-0.2, 0) is 0 Å². The van der Waals surface area contributed by atoms with Crippen molar-refractivity contribution < 1.29 is 4.79 Å². The van der Waals surface area contributed by atoms with Gasteiger partial charge >= 0.3 is 0 Å². The number of nitrogens with zero attached hydrogens (tertiary/aromatic N) is 5. The molecule has 0 unspecified atom stereocenters. The van der Waals surface area contributed by atoms with Crippen LogP contribution in [0.4, 0.5) is 5.69 Å². The highest BCUT2D eigenvalue weighted by atomic mass is 16.1. The zero-order valence-corrected chi connectivity index (χ0v) is 10.3. The van der Waals surface area contributed by atoms with E-state index in [1.807, 2.05) is 0 Å². The van der Waals surface area contributed by atoms with E-state index in [1.165, 1.54) is 12.5 Å². The minimum atomic E-state index is -0.318. The van der Waals surface area contributed by atoms with E-state index in [9.17, 15) is 4.79 Å². The molecule has 0 aromatic carbocycles. The zero-order valence-electron chi connectivity index (χ0n) is 10.3. The number of rotatable bonds is 3. The lowest BCUT2D eigenvalue weighted by atomic mass is 10.3. The molecule has 3 rings (SSSR count). The fourth-order valence-corrected chi connectivity index (χ4v) is 1.70. The van der Waals surface area contributed by atoms with Crippen molar-refractivity contribution in [1.82, 2.24) is 24.5 Å². The minimum Gasteiger partial charge on any atom is -0.317 e. The second kappa shape index (κ2) is 5.27. The lowest BCUT2D eigenvalue weighted by Crippen LogP contribution is -2.15. The van der Waals surface area contributed by atoms with Gasteiger partial charge in [0.25, 0.3) is 5.91 Å². The molecule has 3 aromatic rings. The molecule has 7 nitrogen and oxygen atoms in total. The second-order valence-corrected chi connectivity index (χ2v) is 3.89. The van der Waals surface area contributed by atoms with Crippen LogP contribution in [0.5, 0.6) is 0 Å². The summed E-state index contributed by atoms with van der Waals surface area (Å²) < 4.78 is 1.72. The van der Waals surface area contributed by atoms with Gasteiger partial charge in [-0.2, -0.15) is 0 Å². The van der Waals surface area contributed by atoms with E-state index in [-0.39, 0.29) is 5.91 Å². The fourth-order valence-electron chi connectivity index (χ4n) is 1.70. The molecule has 1 N–H and O–H groups in total. The zero-order chi connectivity index (χ0) is 13.8. The molecule has 0 saturated heterocycles. The maximum Gasteiger partial charge on any atom is 0.274 e. The first kappa shape index (κ1) is 12.0. The van der Waals surface area contributed by atoms with Crippen molar-refractivity contribution in [2.45, 2.75) is 0 Å². The van der Waals surface area contributed by atoms with Gasteiger partial charge in [0.05, 0.1) is 5.69 Å². The van der Waals surface area contributed by atoms with Crippen molar-refractivity contribution in [3.05, 3.63) is 61.3 Å². The highest BCUT2D eigenvalue weighted by Gasteiger charge is 2.11. The Kier molecular flexibility index (Phi) is 3.15. The molecule has 0 bridgehead atoms. The van der Waals surface area contributed by atoms with E-state index in [4.69, 9.17) is 0 Å². The Morgan fingerprint density at radius 2 is 2.05 bits per heavy atom. The van der Waals surface area contributed by atoms with Crippen molar-refractivity contribution in [3.63, 3.8) is 0 Å². The predicted molar refractivity (Wildman–Crippen MR) is 71.3 cm³/mol. The standard InChI is InChI=1S/C13H10N6O/c20-13(11-3-5-14-8-17-11)18-10-2-1-4-16-12(10)19-7-6-15-9-19/h1-9H,(H,18,20). The number of aromatic nitrogens is 5. The van der Waals surface area contributed by atoms with Crippen LogP contribution in [-0.4, -0.2) is 30.4 Å². The van der Waals surface area contributed by atoms with Crippen molar-refractivity contribution in [2.75, 3.05) is 5.32 Å². The molecule has 0 radical (unpaired) electrons. The summed E-state index contributed by atoms with van der Waals surface area (Å²) in [4.78, 5) is 28.0. The molecule has 1 amide bonds. The molecule has 0 spiro atoms. The fraction of sp³-hybridized carbons (Fsp3) is 0. The molecular formula is C13H10N6O. The van der Waals surface area contributed by atoms with Gasteiger partial charge in [-0.3, -0.25) is 9.36 Å². The van der Waals surface area contributed by atoms with Gasteiger partial charge in [-0.05, 0) is 18.2 Å². The SMILES string of the molecule is O=C(Nc1cccnc1-n1ccnc1)c1ccncn1. The topological polar surface area (TPSA) is 85.6 Å².